The number of hydrogen-bond acceptors (Lipinski definition) is 8. The van der Waals surface area contributed by atoms with Crippen molar-refractivity contribution in [3.05, 3.63) is 87.0 Å². The fourth-order valence-corrected chi connectivity index (χ4v) is 6.85. The molecule has 0 saturated carbocycles. The van der Waals surface area contributed by atoms with Crippen LogP contribution in [0.3, 0.4) is 0 Å². The Labute approximate surface area is 240 Å². The largest absolute Gasteiger partial charge is 0.507 e. The fraction of sp³-hybridized carbons (Fsp3) is 0.267. The molecule has 1 aliphatic carbocycles. The molecule has 0 spiro atoms. The Kier molecular flexibility index (Phi) is 8.66. The predicted octanol–water partition coefficient (Wildman–Crippen LogP) is 5.40. The van der Waals surface area contributed by atoms with Gasteiger partial charge in [0, 0.05) is 10.4 Å². The van der Waals surface area contributed by atoms with Crippen molar-refractivity contribution in [2.75, 3.05) is 12.4 Å². The quantitative estimate of drug-likeness (QED) is 0.0864. The summed E-state index contributed by atoms with van der Waals surface area (Å²) in [5, 5.41) is 15.5. The second kappa shape index (κ2) is 12.5. The summed E-state index contributed by atoms with van der Waals surface area (Å²) in [5.41, 5.74) is 5.38. The van der Waals surface area contributed by atoms with Crippen LogP contribution in [0.5, 0.6) is 11.5 Å². The Morgan fingerprint density at radius 1 is 1.25 bits per heavy atom. The van der Waals surface area contributed by atoms with Gasteiger partial charge in [-0.1, -0.05) is 30.0 Å². The number of aromatic nitrogens is 2. The van der Waals surface area contributed by atoms with Crippen molar-refractivity contribution < 1.29 is 14.6 Å². The number of nitrogens with zero attached hydrogens (tertiary/aromatic N) is 3. The summed E-state index contributed by atoms with van der Waals surface area (Å²) >= 11 is 2.76. The van der Waals surface area contributed by atoms with Gasteiger partial charge in [-0.3, -0.25) is 14.2 Å². The summed E-state index contributed by atoms with van der Waals surface area (Å²) in [4.78, 5) is 33.4. The number of thiophene rings is 1. The number of carbonyl (C=O) groups excluding carboxylic acids is 1. The zero-order valence-corrected chi connectivity index (χ0v) is 23.8. The average Bonchev–Trinajstić information content (AvgIpc) is 3.33. The minimum absolute atomic E-state index is 0.000108. The van der Waals surface area contributed by atoms with Crippen molar-refractivity contribution in [1.82, 2.24) is 15.0 Å². The van der Waals surface area contributed by atoms with Crippen LogP contribution in [-0.4, -0.2) is 39.1 Å². The van der Waals surface area contributed by atoms with E-state index in [1.807, 2.05) is 37.3 Å². The monoisotopic (exact) mass is 574 g/mol. The van der Waals surface area contributed by atoms with Crippen LogP contribution in [0.4, 0.5) is 0 Å². The van der Waals surface area contributed by atoms with Crippen LogP contribution >= 0.6 is 23.1 Å². The van der Waals surface area contributed by atoms with Crippen molar-refractivity contribution in [2.45, 2.75) is 44.2 Å². The lowest BCUT2D eigenvalue weighted by atomic mass is 9.97. The lowest BCUT2D eigenvalue weighted by Gasteiger charge is -2.14. The van der Waals surface area contributed by atoms with Crippen LogP contribution in [0, 0.1) is 0 Å². The van der Waals surface area contributed by atoms with Gasteiger partial charge in [0.15, 0.2) is 5.16 Å². The Morgan fingerprint density at radius 2 is 2.05 bits per heavy atom. The second-order valence-electron chi connectivity index (χ2n) is 9.28. The third-order valence-corrected chi connectivity index (χ3v) is 8.73. The molecule has 2 N–H and O–H groups in total. The highest BCUT2D eigenvalue weighted by atomic mass is 32.2. The van der Waals surface area contributed by atoms with Gasteiger partial charge in [-0.2, -0.15) is 5.10 Å². The Hall–Kier alpha value is -3.89. The van der Waals surface area contributed by atoms with E-state index in [0.717, 1.165) is 41.6 Å². The van der Waals surface area contributed by atoms with E-state index < -0.39 is 0 Å². The van der Waals surface area contributed by atoms with E-state index in [2.05, 4.69) is 17.1 Å². The molecule has 1 aliphatic rings. The highest BCUT2D eigenvalue weighted by Crippen LogP contribution is 2.35. The molecule has 2 aromatic carbocycles. The molecule has 10 heteroatoms. The van der Waals surface area contributed by atoms with E-state index in [9.17, 15) is 14.7 Å². The van der Waals surface area contributed by atoms with Gasteiger partial charge >= 0.3 is 0 Å². The Bertz CT molecular complexity index is 1640. The third-order valence-electron chi connectivity index (χ3n) is 6.60. The smallest absolute Gasteiger partial charge is 0.267 e. The number of phenolic OH excluding ortho intramolecular Hbond substituents is 1. The number of benzene rings is 2. The Balaban J connectivity index is 1.40. The molecule has 4 aromatic rings. The maximum absolute atomic E-state index is 13.9. The minimum atomic E-state index is -0.360. The molecule has 0 aliphatic heterocycles. The summed E-state index contributed by atoms with van der Waals surface area (Å²) in [7, 11) is 0. The van der Waals surface area contributed by atoms with Gasteiger partial charge in [-0.15, -0.1) is 17.9 Å². The molecule has 1 amide bonds. The van der Waals surface area contributed by atoms with E-state index in [0.29, 0.717) is 40.6 Å². The number of fused-ring (bicyclic) bond motifs is 3. The van der Waals surface area contributed by atoms with E-state index in [-0.39, 0.29) is 23.0 Å². The number of aromatic hydroxyl groups is 1. The maximum atomic E-state index is 13.9. The maximum Gasteiger partial charge on any atom is 0.267 e. The second-order valence-corrected chi connectivity index (χ2v) is 11.3. The normalized spacial score (nSPS) is 12.9. The molecule has 2 heterocycles. The molecule has 0 atom stereocenters. The SMILES string of the molecule is C=CCc1cccc(/C=N/NC(=O)CSc2nc3sc4c(c3c(=O)n2-c2ccc(OCC)cc2)CCCC4)c1O. The average molecular weight is 575 g/mol. The summed E-state index contributed by atoms with van der Waals surface area (Å²) < 4.78 is 7.16. The standard InChI is InChI=1S/C30H30N4O4S2/c1-3-8-19-9-7-10-20(27(19)36)17-31-33-25(35)18-39-30-32-28-26(23-11-5-6-12-24(23)40-28)29(37)34(30)21-13-15-22(16-14-21)38-4-2/h3,7,9-10,13-17,36H,1,4-6,8,11-12,18H2,2H3,(H,33,35)/b31-17+. The van der Waals surface area contributed by atoms with Crippen LogP contribution in [0.1, 0.15) is 41.3 Å². The van der Waals surface area contributed by atoms with Crippen LogP contribution in [0.15, 0.2) is 70.2 Å². The van der Waals surface area contributed by atoms with E-state index in [1.54, 1.807) is 34.1 Å². The van der Waals surface area contributed by atoms with E-state index >= 15 is 0 Å². The molecule has 2 aromatic heterocycles. The van der Waals surface area contributed by atoms with Crippen molar-refractivity contribution in [1.29, 1.82) is 0 Å². The highest BCUT2D eigenvalue weighted by Gasteiger charge is 2.23. The first-order chi connectivity index (χ1) is 19.5. The number of nitrogens with one attached hydrogen (secondary N) is 1. The predicted molar refractivity (Wildman–Crippen MR) is 161 cm³/mol. The molecule has 5 rings (SSSR count). The summed E-state index contributed by atoms with van der Waals surface area (Å²) in [6.45, 7) is 6.16. The van der Waals surface area contributed by atoms with Crippen molar-refractivity contribution in [3.63, 3.8) is 0 Å². The first kappa shape index (κ1) is 27.7. The van der Waals surface area contributed by atoms with Gasteiger partial charge in [0.1, 0.15) is 16.3 Å². The molecule has 0 bridgehead atoms. The first-order valence-electron chi connectivity index (χ1n) is 13.2. The lowest BCUT2D eigenvalue weighted by Crippen LogP contribution is -2.24. The van der Waals surface area contributed by atoms with Crippen LogP contribution in [0.2, 0.25) is 0 Å². The van der Waals surface area contributed by atoms with Gasteiger partial charge in [-0.25, -0.2) is 10.4 Å². The van der Waals surface area contributed by atoms with E-state index in [1.165, 1.54) is 22.9 Å². The molecule has 0 radical (unpaired) electrons. The molecule has 8 nitrogen and oxygen atoms in total. The van der Waals surface area contributed by atoms with Crippen molar-refractivity contribution >= 4 is 45.4 Å². The fourth-order valence-electron chi connectivity index (χ4n) is 4.74. The molecular formula is C30H30N4O4S2. The number of amides is 1. The molecule has 206 valence electrons. The van der Waals surface area contributed by atoms with Gasteiger partial charge < -0.3 is 9.84 Å². The van der Waals surface area contributed by atoms with Crippen LogP contribution < -0.4 is 15.7 Å². The number of allylic oxidation sites excluding steroid dienone is 1. The number of carbonyl (C=O) groups is 1. The van der Waals surface area contributed by atoms with Crippen LogP contribution in [0.25, 0.3) is 15.9 Å². The highest BCUT2D eigenvalue weighted by molar-refractivity contribution is 7.99. The van der Waals surface area contributed by atoms with Gasteiger partial charge in [0.2, 0.25) is 0 Å². The van der Waals surface area contributed by atoms with Crippen molar-refractivity contribution in [3.8, 4) is 17.2 Å². The zero-order valence-electron chi connectivity index (χ0n) is 22.2. The number of aryl methyl sites for hydroxylation is 2. The van der Waals surface area contributed by atoms with E-state index in [4.69, 9.17) is 9.72 Å². The molecule has 0 fully saturated rings. The summed E-state index contributed by atoms with van der Waals surface area (Å²) in [6.07, 6.45) is 7.67. The third kappa shape index (κ3) is 5.83. The lowest BCUT2D eigenvalue weighted by molar-refractivity contribution is -0.118. The number of hydrogen-bond donors (Lipinski definition) is 2. The number of rotatable bonds is 10. The number of para-hydroxylation sites is 1. The van der Waals surface area contributed by atoms with Gasteiger partial charge in [0.05, 0.1) is 29.6 Å². The first-order valence-corrected chi connectivity index (χ1v) is 15.0. The Morgan fingerprint density at radius 3 is 2.83 bits per heavy atom. The molecule has 40 heavy (non-hydrogen) atoms. The van der Waals surface area contributed by atoms with Crippen molar-refractivity contribution in [2.24, 2.45) is 5.10 Å². The number of ether oxygens (including phenoxy) is 1. The minimum Gasteiger partial charge on any atom is -0.507 e. The zero-order chi connectivity index (χ0) is 28.1. The molecular weight excluding hydrogens is 544 g/mol. The molecule has 0 unspecified atom stereocenters. The summed E-state index contributed by atoms with van der Waals surface area (Å²) in [5.74, 6) is 0.458. The topological polar surface area (TPSA) is 106 Å². The van der Waals surface area contributed by atoms with Gasteiger partial charge in [-0.05, 0) is 80.5 Å². The van der Waals surface area contributed by atoms with Crippen LogP contribution in [-0.2, 0) is 24.1 Å². The number of thioether (sulfide) groups is 1. The number of hydrazone groups is 1. The number of phenols is 1. The molecule has 0 saturated heterocycles. The summed E-state index contributed by atoms with van der Waals surface area (Å²) in [6, 6.07) is 12.6. The van der Waals surface area contributed by atoms with Gasteiger partial charge in [0.25, 0.3) is 11.5 Å².